The Hall–Kier alpha value is -2.62. The number of thiazole rings is 2. The van der Waals surface area contributed by atoms with Crippen LogP contribution in [-0.2, 0) is 23.6 Å². The molecule has 0 spiro atoms. The van der Waals surface area contributed by atoms with Gasteiger partial charge in [0.25, 0.3) is 0 Å². The molecule has 4 rings (SSSR count). The van der Waals surface area contributed by atoms with Crippen LogP contribution in [0.1, 0.15) is 0 Å². The van der Waals surface area contributed by atoms with Gasteiger partial charge in [0.1, 0.15) is 23.8 Å². The van der Waals surface area contributed by atoms with Crippen LogP contribution in [0.25, 0.3) is 0 Å². The summed E-state index contributed by atoms with van der Waals surface area (Å²) in [4.78, 5) is 0. The highest BCUT2D eigenvalue weighted by molar-refractivity contribution is 7.13. The van der Waals surface area contributed by atoms with E-state index in [0.717, 1.165) is 46.1 Å². The van der Waals surface area contributed by atoms with Gasteiger partial charge in [0, 0.05) is 35.2 Å². The Labute approximate surface area is 263 Å². The molecule has 0 atom stereocenters. The van der Waals surface area contributed by atoms with Gasteiger partial charge in [-0.3, -0.25) is 0 Å². The van der Waals surface area contributed by atoms with Crippen LogP contribution in [-0.4, -0.2) is 39.5 Å². The summed E-state index contributed by atoms with van der Waals surface area (Å²) in [5, 5.41) is 29.4. The van der Waals surface area contributed by atoms with E-state index in [-0.39, 0.29) is 34.0 Å². The van der Waals surface area contributed by atoms with Crippen molar-refractivity contribution in [2.24, 2.45) is 34.6 Å². The number of ether oxygens (including phenoxy) is 2. The SMILES string of the molecule is C[n+]1ccsc1/N=N/c1ccc(NCCOCCOCCNc2ccc(/N=N/c3scc[n+]3C)cc2)cc1.[Br-].[Br-]. The summed E-state index contributed by atoms with van der Waals surface area (Å²) < 4.78 is 15.2. The molecule has 0 amide bonds. The summed E-state index contributed by atoms with van der Waals surface area (Å²) >= 11 is 3.11. The lowest BCUT2D eigenvalue weighted by Crippen LogP contribution is -3.00. The molecule has 4 aromatic rings. The van der Waals surface area contributed by atoms with Gasteiger partial charge in [-0.1, -0.05) is 0 Å². The van der Waals surface area contributed by atoms with Gasteiger partial charge >= 0.3 is 10.3 Å². The smallest absolute Gasteiger partial charge is 0.408 e. The largest absolute Gasteiger partial charge is 1.00 e. The van der Waals surface area contributed by atoms with E-state index in [4.69, 9.17) is 9.47 Å². The van der Waals surface area contributed by atoms with Crippen LogP contribution >= 0.6 is 22.7 Å². The molecule has 40 heavy (non-hydrogen) atoms. The van der Waals surface area contributed by atoms with Crippen molar-refractivity contribution in [2.45, 2.75) is 0 Å². The number of azo groups is 2. The molecule has 0 saturated carbocycles. The van der Waals surface area contributed by atoms with Crippen LogP contribution in [0.2, 0.25) is 0 Å². The minimum absolute atomic E-state index is 0. The van der Waals surface area contributed by atoms with Crippen LogP contribution in [0, 0.1) is 0 Å². The normalized spacial score (nSPS) is 10.9. The first kappa shape index (κ1) is 33.6. The fraction of sp³-hybridized carbons (Fsp3) is 0.308. The van der Waals surface area contributed by atoms with E-state index in [1.54, 1.807) is 22.7 Å². The lowest BCUT2D eigenvalue weighted by atomic mass is 10.3. The monoisotopic (exact) mass is 710 g/mol. The number of nitrogens with zero attached hydrogens (tertiary/aromatic N) is 6. The van der Waals surface area contributed by atoms with Gasteiger partial charge in [-0.05, 0) is 81.4 Å². The zero-order chi connectivity index (χ0) is 26.4. The molecule has 0 saturated heterocycles. The van der Waals surface area contributed by atoms with Crippen molar-refractivity contribution in [2.75, 3.05) is 50.2 Å². The second-order valence-corrected chi connectivity index (χ2v) is 9.91. The second-order valence-electron chi connectivity index (χ2n) is 8.17. The van der Waals surface area contributed by atoms with Crippen molar-refractivity contribution < 1.29 is 52.6 Å². The molecule has 214 valence electrons. The zero-order valence-electron chi connectivity index (χ0n) is 22.2. The highest BCUT2D eigenvalue weighted by Crippen LogP contribution is 2.21. The lowest BCUT2D eigenvalue weighted by Gasteiger charge is -2.09. The molecule has 14 heteroatoms. The predicted molar refractivity (Wildman–Crippen MR) is 151 cm³/mol. The predicted octanol–water partition coefficient (Wildman–Crippen LogP) is -0.145. The van der Waals surface area contributed by atoms with Crippen molar-refractivity contribution in [3.63, 3.8) is 0 Å². The van der Waals surface area contributed by atoms with Crippen molar-refractivity contribution in [3.8, 4) is 0 Å². The number of hydrogen-bond acceptors (Lipinski definition) is 10. The average Bonchev–Trinajstić information content (AvgIpc) is 3.55. The summed E-state index contributed by atoms with van der Waals surface area (Å²) in [6, 6.07) is 15.7. The topological polar surface area (TPSA) is 99.7 Å². The maximum atomic E-state index is 5.64. The molecule has 0 aliphatic heterocycles. The summed E-state index contributed by atoms with van der Waals surface area (Å²) in [6.07, 6.45) is 3.92. The summed E-state index contributed by atoms with van der Waals surface area (Å²) in [7, 11) is 3.90. The molecule has 0 bridgehead atoms. The molecule has 2 aromatic carbocycles. The molecular formula is C26H32Br2N8O2S2. The van der Waals surface area contributed by atoms with Crippen LogP contribution in [0.5, 0.6) is 0 Å². The number of halogens is 2. The number of hydrogen-bond donors (Lipinski definition) is 2. The Morgan fingerprint density at radius 2 is 1.00 bits per heavy atom. The number of aryl methyl sites for hydroxylation is 2. The number of aromatic nitrogens is 2. The van der Waals surface area contributed by atoms with Crippen LogP contribution in [0.3, 0.4) is 0 Å². The standard InChI is InChI=1S/C26H30N8O2S2.2BrH/c1-33-13-19-37-25(33)31-29-23-7-3-21(4-8-23)27-11-15-35-17-18-36-16-12-28-22-5-9-24(10-6-22)30-32-26-34(2)14-20-38-26;;/h3-10,13-14,19-20H,11-12,15-18H2,1-2H3;2*1H. The Kier molecular flexibility index (Phi) is 15.7. The summed E-state index contributed by atoms with van der Waals surface area (Å²) in [5.74, 6) is 0. The van der Waals surface area contributed by atoms with Gasteiger partial charge < -0.3 is 54.1 Å². The van der Waals surface area contributed by atoms with Crippen LogP contribution in [0.15, 0.2) is 92.1 Å². The molecule has 0 radical (unpaired) electrons. The van der Waals surface area contributed by atoms with Gasteiger partial charge in [-0.15, -0.1) is 0 Å². The van der Waals surface area contributed by atoms with Gasteiger partial charge in [-0.25, -0.2) is 9.13 Å². The van der Waals surface area contributed by atoms with Gasteiger partial charge in [0.2, 0.25) is 0 Å². The highest BCUT2D eigenvalue weighted by Gasteiger charge is 2.08. The Bertz CT molecular complexity index is 1210. The third-order valence-electron chi connectivity index (χ3n) is 5.28. The van der Waals surface area contributed by atoms with Crippen LogP contribution in [0.4, 0.5) is 33.0 Å². The first-order valence-electron chi connectivity index (χ1n) is 12.2. The van der Waals surface area contributed by atoms with E-state index in [9.17, 15) is 0 Å². The van der Waals surface area contributed by atoms with E-state index in [1.807, 2.05) is 94.9 Å². The second kappa shape index (κ2) is 18.7. The molecule has 2 heterocycles. The average molecular weight is 713 g/mol. The number of anilines is 2. The van der Waals surface area contributed by atoms with Gasteiger partial charge in [-0.2, -0.15) is 0 Å². The summed E-state index contributed by atoms with van der Waals surface area (Å²) in [5.41, 5.74) is 3.66. The molecular weight excluding hydrogens is 680 g/mol. The maximum Gasteiger partial charge on any atom is 0.408 e. The summed E-state index contributed by atoms with van der Waals surface area (Å²) in [6.45, 7) is 3.76. The zero-order valence-corrected chi connectivity index (χ0v) is 27.0. The number of benzene rings is 2. The van der Waals surface area contributed by atoms with Crippen molar-refractivity contribution in [1.29, 1.82) is 0 Å². The van der Waals surface area contributed by atoms with E-state index in [1.165, 1.54) is 0 Å². The fourth-order valence-electron chi connectivity index (χ4n) is 3.20. The van der Waals surface area contributed by atoms with Crippen molar-refractivity contribution in [3.05, 3.63) is 71.7 Å². The Morgan fingerprint density at radius 3 is 1.35 bits per heavy atom. The van der Waals surface area contributed by atoms with E-state index >= 15 is 0 Å². The minimum Gasteiger partial charge on any atom is -1.00 e. The quantitative estimate of drug-likeness (QED) is 0.102. The molecule has 0 aliphatic carbocycles. The third-order valence-corrected chi connectivity index (χ3v) is 6.96. The van der Waals surface area contributed by atoms with E-state index in [2.05, 4.69) is 31.1 Å². The van der Waals surface area contributed by atoms with Crippen LogP contribution < -0.4 is 53.7 Å². The first-order valence-corrected chi connectivity index (χ1v) is 14.0. The molecule has 0 aliphatic rings. The molecule has 0 unspecified atom stereocenters. The highest BCUT2D eigenvalue weighted by atomic mass is 79.9. The number of nitrogens with one attached hydrogen (secondary N) is 2. The molecule has 2 aromatic heterocycles. The maximum absolute atomic E-state index is 5.64. The molecule has 10 nitrogen and oxygen atoms in total. The Balaban J connectivity index is 0.00000280. The van der Waals surface area contributed by atoms with Gasteiger partial charge in [0.05, 0.1) is 50.8 Å². The van der Waals surface area contributed by atoms with Crippen molar-refractivity contribution >= 4 is 55.7 Å². The fourth-order valence-corrected chi connectivity index (χ4v) is 4.56. The lowest BCUT2D eigenvalue weighted by molar-refractivity contribution is -0.654. The Morgan fingerprint density at radius 1 is 0.600 bits per heavy atom. The minimum atomic E-state index is 0. The van der Waals surface area contributed by atoms with Gasteiger partial charge in [0.15, 0.2) is 0 Å². The van der Waals surface area contributed by atoms with E-state index in [0.29, 0.717) is 26.4 Å². The molecule has 2 N–H and O–H groups in total. The van der Waals surface area contributed by atoms with E-state index < -0.39 is 0 Å². The van der Waals surface area contributed by atoms with Crippen molar-refractivity contribution in [1.82, 2.24) is 0 Å². The third kappa shape index (κ3) is 11.5. The molecule has 0 fully saturated rings. The first-order chi connectivity index (χ1) is 18.7. The number of rotatable bonds is 15.